The lowest BCUT2D eigenvalue weighted by Crippen LogP contribution is -2.38. The minimum Gasteiger partial charge on any atom is -0.306 e. The molecule has 0 aromatic carbocycles. The van der Waals surface area contributed by atoms with Crippen LogP contribution in [0.5, 0.6) is 0 Å². The summed E-state index contributed by atoms with van der Waals surface area (Å²) in [5, 5.41) is 0. The summed E-state index contributed by atoms with van der Waals surface area (Å²) in [6.45, 7) is 2.73. The molecule has 1 aliphatic heterocycles. The van der Waals surface area contributed by atoms with Crippen molar-refractivity contribution in [2.45, 2.75) is 32.1 Å². The smallest absolute Gasteiger partial charge is 0.00164 e. The molecule has 3 rings (SSSR count). The monoisotopic (exact) mass is 165 g/mol. The molecule has 0 amide bonds. The van der Waals surface area contributed by atoms with E-state index in [1.54, 1.807) is 19.3 Å². The Labute approximate surface area is 75.1 Å². The van der Waals surface area contributed by atoms with E-state index >= 15 is 0 Å². The Kier molecular flexibility index (Phi) is 1.39. The molecule has 2 aliphatic carbocycles. The normalized spacial score (nSPS) is 44.8. The van der Waals surface area contributed by atoms with Crippen molar-refractivity contribution in [1.82, 2.24) is 4.90 Å². The van der Waals surface area contributed by atoms with Crippen LogP contribution in [0.25, 0.3) is 0 Å². The molecule has 68 valence electrons. The average molecular weight is 165 g/mol. The third kappa shape index (κ3) is 0.891. The van der Waals surface area contributed by atoms with E-state index in [0.29, 0.717) is 0 Å². The van der Waals surface area contributed by atoms with E-state index in [1.165, 1.54) is 37.8 Å². The van der Waals surface area contributed by atoms with Crippen LogP contribution in [-0.4, -0.2) is 25.0 Å². The Bertz CT molecular complexity index is 191. The molecule has 0 aromatic rings. The summed E-state index contributed by atoms with van der Waals surface area (Å²) in [6.07, 6.45) is 7.73. The largest absolute Gasteiger partial charge is 0.306 e. The molecule has 1 nitrogen and oxygen atoms in total. The molecule has 3 aliphatic rings. The number of nitrogens with zero attached hydrogens (tertiary/aromatic N) is 1. The topological polar surface area (TPSA) is 3.24 Å². The lowest BCUT2D eigenvalue weighted by atomic mass is 9.74. The molecule has 1 heterocycles. The number of hydrogen-bond acceptors (Lipinski definition) is 1. The predicted octanol–water partition coefficient (Wildman–Crippen LogP) is 2.13. The van der Waals surface area contributed by atoms with Crippen LogP contribution in [0, 0.1) is 17.3 Å². The molecule has 0 N–H and O–H groups in total. The summed E-state index contributed by atoms with van der Waals surface area (Å²) < 4.78 is 0. The van der Waals surface area contributed by atoms with Crippen LogP contribution >= 0.6 is 0 Å². The first-order chi connectivity index (χ1) is 5.80. The van der Waals surface area contributed by atoms with Gasteiger partial charge in [0.05, 0.1) is 0 Å². The fraction of sp³-hybridized carbons (Fsp3) is 1.00. The number of fused-ring (bicyclic) bond motifs is 2. The van der Waals surface area contributed by atoms with Gasteiger partial charge in [-0.15, -0.1) is 0 Å². The molecule has 2 unspecified atom stereocenters. The lowest BCUT2D eigenvalue weighted by molar-refractivity contribution is 0.106. The second-order valence-corrected chi connectivity index (χ2v) is 5.31. The summed E-state index contributed by atoms with van der Waals surface area (Å²) in [6, 6.07) is 0. The van der Waals surface area contributed by atoms with Crippen LogP contribution in [0.2, 0.25) is 0 Å². The number of piperidine rings is 1. The summed E-state index contributed by atoms with van der Waals surface area (Å²) in [7, 11) is 2.27. The Morgan fingerprint density at radius 1 is 1.17 bits per heavy atom. The van der Waals surface area contributed by atoms with E-state index < -0.39 is 0 Å². The minimum absolute atomic E-state index is 0.844. The zero-order valence-electron chi connectivity index (χ0n) is 8.05. The highest BCUT2D eigenvalue weighted by atomic mass is 15.1. The highest BCUT2D eigenvalue weighted by Gasteiger charge is 2.57. The Morgan fingerprint density at radius 2 is 1.92 bits per heavy atom. The van der Waals surface area contributed by atoms with E-state index in [-0.39, 0.29) is 0 Å². The fourth-order valence-corrected chi connectivity index (χ4v) is 3.66. The Morgan fingerprint density at radius 3 is 2.42 bits per heavy atom. The van der Waals surface area contributed by atoms with Crippen LogP contribution < -0.4 is 0 Å². The van der Waals surface area contributed by atoms with E-state index in [0.717, 1.165) is 5.41 Å². The zero-order chi connectivity index (χ0) is 8.18. The third-order valence-corrected chi connectivity index (χ3v) is 4.71. The zero-order valence-corrected chi connectivity index (χ0v) is 8.05. The van der Waals surface area contributed by atoms with Gasteiger partial charge in [0.25, 0.3) is 0 Å². The van der Waals surface area contributed by atoms with E-state index in [2.05, 4.69) is 11.9 Å². The van der Waals surface area contributed by atoms with Gasteiger partial charge in [0, 0.05) is 0 Å². The summed E-state index contributed by atoms with van der Waals surface area (Å²) in [4.78, 5) is 2.50. The Balaban J connectivity index is 1.75. The van der Waals surface area contributed by atoms with Crippen molar-refractivity contribution in [1.29, 1.82) is 0 Å². The maximum absolute atomic E-state index is 2.50. The van der Waals surface area contributed by atoms with Crippen LogP contribution in [-0.2, 0) is 0 Å². The number of likely N-dealkylation sites (tertiary alicyclic amines) is 1. The number of hydrogen-bond donors (Lipinski definition) is 0. The summed E-state index contributed by atoms with van der Waals surface area (Å²) in [5.41, 5.74) is 0.844. The Hall–Kier alpha value is -0.0400. The highest BCUT2D eigenvalue weighted by Crippen LogP contribution is 2.65. The molecule has 1 saturated heterocycles. The standard InChI is InChI=1S/C11H19N/c1-12-6-4-11(5-7-12)3-2-9-8-10(9)11/h9-10H,2-8H2,1H3. The minimum atomic E-state index is 0.844. The SMILES string of the molecule is CN1CCC2(CCC3CC32)CC1. The van der Waals surface area contributed by atoms with Crippen molar-refractivity contribution in [3.05, 3.63) is 0 Å². The molecule has 0 bridgehead atoms. The van der Waals surface area contributed by atoms with Gasteiger partial charge in [-0.25, -0.2) is 0 Å². The van der Waals surface area contributed by atoms with Crippen LogP contribution in [0.15, 0.2) is 0 Å². The molecule has 0 aromatic heterocycles. The maximum Gasteiger partial charge on any atom is -0.00164 e. The van der Waals surface area contributed by atoms with Crippen molar-refractivity contribution in [2.75, 3.05) is 20.1 Å². The van der Waals surface area contributed by atoms with Crippen LogP contribution in [0.3, 0.4) is 0 Å². The lowest BCUT2D eigenvalue weighted by Gasteiger charge is -2.39. The number of rotatable bonds is 0. The first-order valence-corrected chi connectivity index (χ1v) is 5.49. The van der Waals surface area contributed by atoms with Gasteiger partial charge in [-0.1, -0.05) is 0 Å². The fourth-order valence-electron chi connectivity index (χ4n) is 3.66. The van der Waals surface area contributed by atoms with Crippen LogP contribution in [0.4, 0.5) is 0 Å². The van der Waals surface area contributed by atoms with Crippen molar-refractivity contribution in [3.63, 3.8) is 0 Å². The van der Waals surface area contributed by atoms with Gasteiger partial charge in [-0.2, -0.15) is 0 Å². The van der Waals surface area contributed by atoms with Crippen molar-refractivity contribution < 1.29 is 0 Å². The van der Waals surface area contributed by atoms with Gasteiger partial charge >= 0.3 is 0 Å². The first-order valence-electron chi connectivity index (χ1n) is 5.49. The first kappa shape index (κ1) is 7.37. The molecule has 1 heteroatoms. The summed E-state index contributed by atoms with van der Waals surface area (Å²) >= 11 is 0. The van der Waals surface area contributed by atoms with Gasteiger partial charge in [0.2, 0.25) is 0 Å². The summed E-state index contributed by atoms with van der Waals surface area (Å²) in [5.74, 6) is 2.35. The van der Waals surface area contributed by atoms with Gasteiger partial charge in [-0.3, -0.25) is 0 Å². The second-order valence-electron chi connectivity index (χ2n) is 5.31. The third-order valence-electron chi connectivity index (χ3n) is 4.71. The van der Waals surface area contributed by atoms with Crippen LogP contribution in [0.1, 0.15) is 32.1 Å². The van der Waals surface area contributed by atoms with Crippen molar-refractivity contribution in [3.8, 4) is 0 Å². The van der Waals surface area contributed by atoms with Gasteiger partial charge in [0.1, 0.15) is 0 Å². The van der Waals surface area contributed by atoms with Gasteiger partial charge in [0.15, 0.2) is 0 Å². The highest BCUT2D eigenvalue weighted by molar-refractivity contribution is 5.07. The van der Waals surface area contributed by atoms with E-state index in [4.69, 9.17) is 0 Å². The maximum atomic E-state index is 2.50. The van der Waals surface area contributed by atoms with Crippen molar-refractivity contribution in [2.24, 2.45) is 17.3 Å². The molecular weight excluding hydrogens is 146 g/mol. The van der Waals surface area contributed by atoms with Gasteiger partial charge < -0.3 is 4.90 Å². The molecular formula is C11H19N. The molecule has 0 radical (unpaired) electrons. The molecule has 12 heavy (non-hydrogen) atoms. The predicted molar refractivity (Wildman–Crippen MR) is 50.0 cm³/mol. The second kappa shape index (κ2) is 2.25. The van der Waals surface area contributed by atoms with Crippen molar-refractivity contribution >= 4 is 0 Å². The molecule has 2 atom stereocenters. The molecule has 1 spiro atoms. The molecule has 3 fully saturated rings. The quantitative estimate of drug-likeness (QED) is 0.531. The van der Waals surface area contributed by atoms with E-state index in [9.17, 15) is 0 Å². The average Bonchev–Trinajstić information content (AvgIpc) is 2.80. The van der Waals surface area contributed by atoms with E-state index in [1.807, 2.05) is 0 Å². The van der Waals surface area contributed by atoms with Gasteiger partial charge in [-0.05, 0) is 69.5 Å². The molecule has 2 saturated carbocycles.